The topological polar surface area (TPSA) is 104 Å². The van der Waals surface area contributed by atoms with Gasteiger partial charge in [-0.1, -0.05) is 6.58 Å². The summed E-state index contributed by atoms with van der Waals surface area (Å²) in [7, 11) is 1.70. The SMILES string of the molecule is C=CC(=O)N1C[C@H](N(C)c2nc(Nc3ccc(N4CCOCC4)c(F)c3)c(C(N)=O)c(C)c2F)CC[C@@H]1C. The van der Waals surface area contributed by atoms with Crippen molar-refractivity contribution in [2.45, 2.75) is 38.8 Å². The number of primary amides is 1. The fourth-order valence-electron chi connectivity index (χ4n) is 5.07. The Morgan fingerprint density at radius 3 is 2.61 bits per heavy atom. The Balaban J connectivity index is 1.65. The highest BCUT2D eigenvalue weighted by Crippen LogP contribution is 2.33. The van der Waals surface area contributed by atoms with Gasteiger partial charge < -0.3 is 30.5 Å². The number of aromatic nitrogens is 1. The second-order valence-electron chi connectivity index (χ2n) is 9.74. The van der Waals surface area contributed by atoms with E-state index in [0.29, 0.717) is 50.6 Å². The van der Waals surface area contributed by atoms with Crippen LogP contribution in [0.4, 0.5) is 31.8 Å². The highest BCUT2D eigenvalue weighted by molar-refractivity contribution is 6.00. The van der Waals surface area contributed by atoms with Gasteiger partial charge in [0, 0.05) is 50.0 Å². The number of halogens is 2. The van der Waals surface area contributed by atoms with Crippen LogP contribution in [0.15, 0.2) is 30.9 Å². The second-order valence-corrected chi connectivity index (χ2v) is 9.74. The van der Waals surface area contributed by atoms with Gasteiger partial charge in [0.15, 0.2) is 11.6 Å². The summed E-state index contributed by atoms with van der Waals surface area (Å²) >= 11 is 0. The lowest BCUT2D eigenvalue weighted by Crippen LogP contribution is -2.52. The largest absolute Gasteiger partial charge is 0.378 e. The predicted molar refractivity (Wildman–Crippen MR) is 143 cm³/mol. The Labute approximate surface area is 221 Å². The number of nitrogens with zero attached hydrogens (tertiary/aromatic N) is 4. The molecule has 11 heteroatoms. The number of hydrogen-bond acceptors (Lipinski definition) is 7. The number of ether oxygens (including phenoxy) is 1. The number of carbonyl (C=O) groups is 2. The number of morpholine rings is 1. The molecule has 2 saturated heterocycles. The van der Waals surface area contributed by atoms with E-state index in [1.807, 2.05) is 11.8 Å². The van der Waals surface area contributed by atoms with Crippen LogP contribution in [-0.4, -0.2) is 73.7 Å². The van der Waals surface area contributed by atoms with Crippen LogP contribution < -0.4 is 20.9 Å². The number of carbonyl (C=O) groups excluding carboxylic acids is 2. The Hall–Kier alpha value is -3.73. The molecule has 1 aromatic heterocycles. The number of hydrogen-bond donors (Lipinski definition) is 2. The molecule has 204 valence electrons. The normalized spacial score (nSPS) is 19.7. The number of nitrogens with two attached hydrogens (primary N) is 1. The van der Waals surface area contributed by atoms with E-state index in [1.165, 1.54) is 19.1 Å². The van der Waals surface area contributed by atoms with Crippen LogP contribution in [0.25, 0.3) is 0 Å². The quantitative estimate of drug-likeness (QED) is 0.531. The van der Waals surface area contributed by atoms with Crippen molar-refractivity contribution in [3.05, 3.63) is 53.6 Å². The van der Waals surface area contributed by atoms with Crippen molar-refractivity contribution in [1.82, 2.24) is 9.88 Å². The highest BCUT2D eigenvalue weighted by atomic mass is 19.1. The predicted octanol–water partition coefficient (Wildman–Crippen LogP) is 3.35. The number of anilines is 4. The number of pyridine rings is 1. The summed E-state index contributed by atoms with van der Waals surface area (Å²) in [5.74, 6) is -2.14. The van der Waals surface area contributed by atoms with E-state index in [4.69, 9.17) is 10.5 Å². The molecule has 2 atom stereocenters. The van der Waals surface area contributed by atoms with Crippen LogP contribution in [0, 0.1) is 18.6 Å². The molecule has 2 aliphatic rings. The maximum Gasteiger partial charge on any atom is 0.252 e. The van der Waals surface area contributed by atoms with Crippen LogP contribution in [0.2, 0.25) is 0 Å². The number of piperidine rings is 1. The smallest absolute Gasteiger partial charge is 0.252 e. The van der Waals surface area contributed by atoms with Crippen molar-refractivity contribution in [3.8, 4) is 0 Å². The summed E-state index contributed by atoms with van der Waals surface area (Å²) in [5.41, 5.74) is 6.30. The van der Waals surface area contributed by atoms with E-state index in [-0.39, 0.29) is 40.8 Å². The maximum absolute atomic E-state index is 15.6. The average molecular weight is 529 g/mol. The lowest BCUT2D eigenvalue weighted by Gasteiger charge is -2.41. The molecule has 2 amide bonds. The molecule has 1 aromatic carbocycles. The van der Waals surface area contributed by atoms with E-state index >= 15 is 8.78 Å². The molecule has 0 aliphatic carbocycles. The Morgan fingerprint density at radius 2 is 1.97 bits per heavy atom. The van der Waals surface area contributed by atoms with Gasteiger partial charge in [-0.05, 0) is 51.0 Å². The van der Waals surface area contributed by atoms with E-state index in [0.717, 1.165) is 6.42 Å². The fraction of sp³-hybridized carbons (Fsp3) is 0.444. The number of likely N-dealkylation sites (N-methyl/N-ethyl adjacent to an activating group) is 1. The zero-order valence-corrected chi connectivity index (χ0v) is 22.0. The standard InChI is InChI=1S/C27H34F2N6O3/c1-5-22(36)35-15-19(8-6-16(35)2)33(4)27-24(29)17(3)23(25(30)37)26(32-27)31-18-7-9-21(20(28)14-18)34-10-12-38-13-11-34/h5,7,9,14,16,19H,1,6,8,10-13,15H2,2-4H3,(H2,30,37)(H,31,32)/t16-,19+/m0/s1. The molecule has 2 fully saturated rings. The summed E-state index contributed by atoms with van der Waals surface area (Å²) in [6, 6.07) is 4.44. The third-order valence-electron chi connectivity index (χ3n) is 7.36. The van der Waals surface area contributed by atoms with Crippen molar-refractivity contribution in [3.63, 3.8) is 0 Å². The molecule has 9 nitrogen and oxygen atoms in total. The first-order valence-electron chi connectivity index (χ1n) is 12.7. The van der Waals surface area contributed by atoms with E-state index < -0.39 is 17.5 Å². The van der Waals surface area contributed by atoms with E-state index in [9.17, 15) is 9.59 Å². The van der Waals surface area contributed by atoms with Gasteiger partial charge in [-0.15, -0.1) is 0 Å². The minimum atomic E-state index is -0.856. The summed E-state index contributed by atoms with van der Waals surface area (Å²) in [4.78, 5) is 34.4. The summed E-state index contributed by atoms with van der Waals surface area (Å²) in [5, 5.41) is 2.97. The molecule has 2 aromatic rings. The number of rotatable bonds is 7. The van der Waals surface area contributed by atoms with Crippen LogP contribution in [0.1, 0.15) is 35.7 Å². The first kappa shape index (κ1) is 27.3. The molecule has 38 heavy (non-hydrogen) atoms. The van der Waals surface area contributed by atoms with Crippen molar-refractivity contribution < 1.29 is 23.1 Å². The van der Waals surface area contributed by atoms with Gasteiger partial charge in [0.1, 0.15) is 11.6 Å². The van der Waals surface area contributed by atoms with Crippen LogP contribution >= 0.6 is 0 Å². The molecule has 0 bridgehead atoms. The molecule has 0 spiro atoms. The number of benzene rings is 1. The van der Waals surface area contributed by atoms with Gasteiger partial charge in [0.2, 0.25) is 5.91 Å². The molecule has 2 aliphatic heterocycles. The lowest BCUT2D eigenvalue weighted by atomic mass is 9.98. The molecule has 3 heterocycles. The van der Waals surface area contributed by atoms with Crippen LogP contribution in [0.5, 0.6) is 0 Å². The molecule has 0 radical (unpaired) electrons. The minimum absolute atomic E-state index is 0.00552. The van der Waals surface area contributed by atoms with Crippen molar-refractivity contribution in [2.24, 2.45) is 5.73 Å². The van der Waals surface area contributed by atoms with Gasteiger partial charge >= 0.3 is 0 Å². The van der Waals surface area contributed by atoms with Crippen LogP contribution in [-0.2, 0) is 9.53 Å². The number of amides is 2. The van der Waals surface area contributed by atoms with Gasteiger partial charge in [-0.25, -0.2) is 13.8 Å². The van der Waals surface area contributed by atoms with Crippen molar-refractivity contribution in [1.29, 1.82) is 0 Å². The summed E-state index contributed by atoms with van der Waals surface area (Å²) in [6.07, 6.45) is 2.72. The zero-order chi connectivity index (χ0) is 27.6. The summed E-state index contributed by atoms with van der Waals surface area (Å²) < 4.78 is 35.9. The van der Waals surface area contributed by atoms with Gasteiger partial charge in [0.05, 0.1) is 24.5 Å². The zero-order valence-electron chi connectivity index (χ0n) is 22.0. The van der Waals surface area contributed by atoms with E-state index in [1.54, 1.807) is 29.0 Å². The van der Waals surface area contributed by atoms with Crippen molar-refractivity contribution >= 4 is 34.8 Å². The van der Waals surface area contributed by atoms with Gasteiger partial charge in [-0.3, -0.25) is 9.59 Å². The molecule has 3 N–H and O–H groups in total. The first-order chi connectivity index (χ1) is 18.1. The van der Waals surface area contributed by atoms with Gasteiger partial charge in [0.25, 0.3) is 5.91 Å². The lowest BCUT2D eigenvalue weighted by molar-refractivity contribution is -0.129. The minimum Gasteiger partial charge on any atom is -0.378 e. The van der Waals surface area contributed by atoms with Crippen molar-refractivity contribution in [2.75, 3.05) is 55.0 Å². The third-order valence-corrected chi connectivity index (χ3v) is 7.36. The van der Waals surface area contributed by atoms with Gasteiger partial charge in [-0.2, -0.15) is 0 Å². The third kappa shape index (κ3) is 5.42. The number of likely N-dealkylation sites (tertiary alicyclic amines) is 1. The number of nitrogens with one attached hydrogen (secondary N) is 1. The molecular weight excluding hydrogens is 494 g/mol. The molecule has 0 saturated carbocycles. The molecule has 0 unspecified atom stereocenters. The molecular formula is C27H34F2N6O3. The second kappa shape index (κ2) is 11.3. The average Bonchev–Trinajstić information content (AvgIpc) is 2.90. The fourth-order valence-corrected chi connectivity index (χ4v) is 5.07. The summed E-state index contributed by atoms with van der Waals surface area (Å²) in [6.45, 7) is 9.58. The van der Waals surface area contributed by atoms with Crippen LogP contribution in [0.3, 0.4) is 0 Å². The Kier molecular flexibility index (Phi) is 8.15. The Bertz CT molecular complexity index is 1230. The monoisotopic (exact) mass is 528 g/mol. The van der Waals surface area contributed by atoms with E-state index in [2.05, 4.69) is 16.9 Å². The highest BCUT2D eigenvalue weighted by Gasteiger charge is 2.33. The maximum atomic E-state index is 15.6. The first-order valence-corrected chi connectivity index (χ1v) is 12.7. The Morgan fingerprint density at radius 1 is 1.26 bits per heavy atom. The molecule has 4 rings (SSSR count).